The number of hydrogen-bond donors (Lipinski definition) is 0. The Labute approximate surface area is 288 Å². The van der Waals surface area contributed by atoms with Crippen LogP contribution in [0.2, 0.25) is 0 Å². The maximum atomic E-state index is 11.9. The molecular weight excluding hydrogens is 602 g/mol. The predicted octanol–water partition coefficient (Wildman–Crippen LogP) is -3.30. The van der Waals surface area contributed by atoms with Gasteiger partial charge in [-0.1, -0.05) is 0 Å². The van der Waals surface area contributed by atoms with Gasteiger partial charge >= 0.3 is 150 Å². The number of ether oxygens (including phenoxy) is 2. The number of nitrogens with zero attached hydrogens (tertiary/aromatic N) is 2. The Morgan fingerprint density at radius 1 is 0.964 bits per heavy atom. The van der Waals surface area contributed by atoms with Crippen molar-refractivity contribution in [1.29, 1.82) is 0 Å². The zero-order valence-corrected chi connectivity index (χ0v) is 31.5. The summed E-state index contributed by atoms with van der Waals surface area (Å²) < 4.78 is 9.79. The predicted molar refractivity (Wildman–Crippen MR) is 100 cm³/mol. The summed E-state index contributed by atoms with van der Waals surface area (Å²) in [5.41, 5.74) is -0.460. The van der Waals surface area contributed by atoms with Gasteiger partial charge in [0.25, 0.3) is 0 Å². The fraction of sp³-hybridized carbons (Fsp3) is 0.737. The molecule has 0 aromatic heterocycles. The van der Waals surface area contributed by atoms with Gasteiger partial charge in [-0.2, -0.15) is 0 Å². The van der Waals surface area contributed by atoms with Crippen molar-refractivity contribution in [1.82, 2.24) is 9.80 Å². The first-order valence-electron chi connectivity index (χ1n) is 8.53. The van der Waals surface area contributed by atoms with Gasteiger partial charge in [0.1, 0.15) is 5.60 Å². The van der Waals surface area contributed by atoms with Crippen LogP contribution in [-0.4, -0.2) is 66.2 Å². The molecule has 0 N–H and O–H groups in total. The average molecular weight is 636 g/mol. The third-order valence-corrected chi connectivity index (χ3v) is 4.42. The minimum atomic E-state index is -0.460. The van der Waals surface area contributed by atoms with Gasteiger partial charge < -0.3 is 34.1 Å². The van der Waals surface area contributed by atoms with E-state index in [0.717, 1.165) is 32.1 Å². The van der Waals surface area contributed by atoms with Crippen molar-refractivity contribution < 1.29 is 162 Å². The van der Waals surface area contributed by atoms with Gasteiger partial charge in [0.15, 0.2) is 0 Å². The second kappa shape index (κ2) is 16.0. The molecule has 1 saturated carbocycles. The summed E-state index contributed by atoms with van der Waals surface area (Å²) in [6.07, 6.45) is 4.69. The Kier molecular flexibility index (Phi) is 20.0. The largest absolute Gasteiger partial charge is 1.00 e. The molecule has 2 amide bonds. The Morgan fingerprint density at radius 2 is 1.43 bits per heavy atom. The molecule has 2 bridgehead atoms. The molecule has 3 rings (SSSR count). The van der Waals surface area contributed by atoms with Crippen molar-refractivity contribution in [2.24, 2.45) is 5.92 Å². The number of hydrogen-bond acceptors (Lipinski definition) is 5. The minimum absolute atomic E-state index is 0. The standard InChI is InChI=1S/C12H20N2O3.C5H8O2.2CH3.2Cs/c1-12(2,3)17-11(16)13-6-9-4-5-10(7-13)14(9)8-15;1-7-5(6)4-2-3-4;;;;/h8-10H,4-7H2,1-3H3;4H,2-3H2,1H3;2*1H3;;/q;;2*-1;2*+1. The smallest absolute Gasteiger partial charge is 0.469 e. The molecule has 9 heteroatoms. The van der Waals surface area contributed by atoms with E-state index in [2.05, 4.69) is 4.74 Å². The first-order valence-corrected chi connectivity index (χ1v) is 8.53. The molecule has 1 aliphatic carbocycles. The van der Waals surface area contributed by atoms with Crippen LogP contribution in [0.5, 0.6) is 0 Å². The summed E-state index contributed by atoms with van der Waals surface area (Å²) in [5, 5.41) is 0. The number of methoxy groups -OCH3 is 1. The molecule has 0 aromatic rings. The first kappa shape index (κ1) is 34.9. The van der Waals surface area contributed by atoms with Crippen LogP contribution >= 0.6 is 0 Å². The molecule has 2 aliphatic heterocycles. The summed E-state index contributed by atoms with van der Waals surface area (Å²) in [5.74, 6) is 0.213. The van der Waals surface area contributed by atoms with E-state index in [0.29, 0.717) is 13.1 Å². The number of amides is 2. The van der Waals surface area contributed by atoms with Crippen LogP contribution in [0.3, 0.4) is 0 Å². The number of carbonyl (C=O) groups excluding carboxylic acids is 3. The molecule has 3 aliphatic rings. The molecule has 2 atom stereocenters. The van der Waals surface area contributed by atoms with Crippen LogP contribution in [-0.2, 0) is 19.1 Å². The molecule has 28 heavy (non-hydrogen) atoms. The molecule has 2 saturated heterocycles. The fourth-order valence-corrected chi connectivity index (χ4v) is 3.07. The van der Waals surface area contributed by atoms with Crippen molar-refractivity contribution >= 4 is 18.5 Å². The molecule has 2 unspecified atom stereocenters. The second-order valence-corrected chi connectivity index (χ2v) is 7.62. The van der Waals surface area contributed by atoms with Crippen LogP contribution < -0.4 is 138 Å². The molecular formula is C19H34Cs2N2O5. The molecule has 0 spiro atoms. The molecule has 0 radical (unpaired) electrons. The topological polar surface area (TPSA) is 76.2 Å². The van der Waals surface area contributed by atoms with Gasteiger partial charge in [0, 0.05) is 25.2 Å². The van der Waals surface area contributed by atoms with E-state index >= 15 is 0 Å². The summed E-state index contributed by atoms with van der Waals surface area (Å²) in [6.45, 7) is 6.79. The minimum Gasteiger partial charge on any atom is -0.469 e. The van der Waals surface area contributed by atoms with E-state index in [-0.39, 0.29) is 183 Å². The number of likely N-dealkylation sites (tertiary alicyclic amines) is 1. The van der Waals surface area contributed by atoms with Gasteiger partial charge in [-0.3, -0.25) is 9.59 Å². The quantitative estimate of drug-likeness (QED) is 0.181. The van der Waals surface area contributed by atoms with E-state index in [1.54, 1.807) is 4.90 Å². The van der Waals surface area contributed by atoms with E-state index < -0.39 is 5.60 Å². The average Bonchev–Trinajstić information content (AvgIpc) is 3.31. The van der Waals surface area contributed by atoms with E-state index in [4.69, 9.17) is 4.74 Å². The normalized spacial score (nSPS) is 21.9. The summed E-state index contributed by atoms with van der Waals surface area (Å²) in [6, 6.07) is 0.359. The van der Waals surface area contributed by atoms with Gasteiger partial charge in [-0.05, 0) is 46.5 Å². The van der Waals surface area contributed by atoms with Crippen molar-refractivity contribution in [3.63, 3.8) is 0 Å². The van der Waals surface area contributed by atoms with Gasteiger partial charge in [0.2, 0.25) is 6.41 Å². The molecule has 152 valence electrons. The van der Waals surface area contributed by atoms with Crippen LogP contribution in [0.15, 0.2) is 0 Å². The molecule has 7 nitrogen and oxygen atoms in total. The maximum Gasteiger partial charge on any atom is 1.00 e. The number of rotatable bonds is 2. The first-order chi connectivity index (χ1) is 11.2. The van der Waals surface area contributed by atoms with Crippen LogP contribution in [0, 0.1) is 20.8 Å². The van der Waals surface area contributed by atoms with Crippen LogP contribution in [0.25, 0.3) is 0 Å². The summed E-state index contributed by atoms with van der Waals surface area (Å²) in [4.78, 5) is 36.8. The Morgan fingerprint density at radius 3 is 1.71 bits per heavy atom. The van der Waals surface area contributed by atoms with Crippen molar-refractivity contribution in [2.45, 2.75) is 64.1 Å². The maximum absolute atomic E-state index is 11.9. The van der Waals surface area contributed by atoms with E-state index in [1.165, 1.54) is 7.11 Å². The van der Waals surface area contributed by atoms with Crippen molar-refractivity contribution in [3.05, 3.63) is 14.9 Å². The van der Waals surface area contributed by atoms with Gasteiger partial charge in [-0.25, -0.2) is 4.79 Å². The zero-order chi connectivity index (χ0) is 17.9. The van der Waals surface area contributed by atoms with E-state index in [1.807, 2.05) is 25.7 Å². The Bertz CT molecular complexity index is 481. The third-order valence-electron chi connectivity index (χ3n) is 4.42. The van der Waals surface area contributed by atoms with Gasteiger partial charge in [0.05, 0.1) is 13.0 Å². The fourth-order valence-electron chi connectivity index (χ4n) is 3.07. The monoisotopic (exact) mass is 636 g/mol. The Balaban J connectivity index is -0.000000492. The van der Waals surface area contributed by atoms with E-state index in [9.17, 15) is 14.4 Å². The van der Waals surface area contributed by atoms with Gasteiger partial charge in [-0.15, -0.1) is 0 Å². The second-order valence-electron chi connectivity index (χ2n) is 7.62. The van der Waals surface area contributed by atoms with Crippen LogP contribution in [0.1, 0.15) is 46.5 Å². The summed E-state index contributed by atoms with van der Waals surface area (Å²) in [7, 11) is 1.43. The molecule has 3 fully saturated rings. The zero-order valence-electron chi connectivity index (χ0n) is 19.0. The number of fused-ring (bicyclic) bond motifs is 2. The van der Waals surface area contributed by atoms with Crippen molar-refractivity contribution in [3.8, 4) is 0 Å². The number of esters is 1. The summed E-state index contributed by atoms with van der Waals surface area (Å²) >= 11 is 0. The SMILES string of the molecule is CC(C)(C)OC(=O)N1CC2CCC(C1)N2C=O.COC(=O)C1CC1.[CH3-].[CH3-].[Cs+].[Cs+]. The number of carbonyl (C=O) groups is 3. The molecule has 2 heterocycles. The van der Waals surface area contributed by atoms with Crippen molar-refractivity contribution in [2.75, 3.05) is 20.2 Å². The molecule has 0 aromatic carbocycles. The third kappa shape index (κ3) is 11.3. The Hall–Kier alpha value is 2.31. The number of piperazine rings is 1. The van der Waals surface area contributed by atoms with Crippen LogP contribution in [0.4, 0.5) is 4.79 Å².